The van der Waals surface area contributed by atoms with E-state index >= 15 is 0 Å². The van der Waals surface area contributed by atoms with Gasteiger partial charge in [0.05, 0.1) is 0 Å². The number of rotatable bonds is 1. The van der Waals surface area contributed by atoms with Gasteiger partial charge in [0, 0.05) is 13.1 Å². The quantitative estimate of drug-likeness (QED) is 0.556. The van der Waals surface area contributed by atoms with Crippen molar-refractivity contribution in [3.63, 3.8) is 0 Å². The van der Waals surface area contributed by atoms with E-state index in [1.54, 1.807) is 6.92 Å². The molecule has 0 aromatic heterocycles. The van der Waals surface area contributed by atoms with E-state index in [4.69, 9.17) is 5.11 Å². The van der Waals surface area contributed by atoms with Gasteiger partial charge in [-0.2, -0.15) is 0 Å². The first kappa shape index (κ1) is 7.98. The van der Waals surface area contributed by atoms with Gasteiger partial charge in [0.25, 0.3) is 0 Å². The van der Waals surface area contributed by atoms with Gasteiger partial charge in [-0.3, -0.25) is 5.43 Å². The van der Waals surface area contributed by atoms with Crippen LogP contribution in [0.3, 0.4) is 0 Å². The molecule has 1 aliphatic heterocycles. The van der Waals surface area contributed by atoms with E-state index in [0.717, 1.165) is 13.1 Å². The molecule has 1 unspecified atom stereocenters. The van der Waals surface area contributed by atoms with Crippen LogP contribution >= 0.6 is 0 Å². The van der Waals surface area contributed by atoms with Gasteiger partial charge in [-0.05, 0) is 19.8 Å². The first-order chi connectivity index (χ1) is 4.80. The fourth-order valence-electron chi connectivity index (χ4n) is 1.20. The summed E-state index contributed by atoms with van der Waals surface area (Å²) >= 11 is 0. The van der Waals surface area contributed by atoms with Gasteiger partial charge in [0.15, 0.2) is 0 Å². The topological polar surface area (TPSA) is 35.5 Å². The van der Waals surface area contributed by atoms with E-state index in [9.17, 15) is 0 Å². The van der Waals surface area contributed by atoms with Crippen molar-refractivity contribution >= 4 is 0 Å². The van der Waals surface area contributed by atoms with Crippen molar-refractivity contribution in [2.24, 2.45) is 0 Å². The van der Waals surface area contributed by atoms with Crippen LogP contribution in [0.1, 0.15) is 26.2 Å². The SMILES string of the molecule is CC(O)N1CCCCCN1. The third-order valence-corrected chi connectivity index (χ3v) is 1.84. The van der Waals surface area contributed by atoms with Crippen molar-refractivity contribution in [3.05, 3.63) is 0 Å². The standard InChI is InChI=1S/C7H16N2O/c1-7(10)9-6-4-2-3-5-8-9/h7-8,10H,2-6H2,1H3. The summed E-state index contributed by atoms with van der Waals surface area (Å²) in [5.74, 6) is 0. The summed E-state index contributed by atoms with van der Waals surface area (Å²) in [6, 6.07) is 0. The van der Waals surface area contributed by atoms with Gasteiger partial charge < -0.3 is 5.11 Å². The lowest BCUT2D eigenvalue weighted by atomic mass is 10.2. The monoisotopic (exact) mass is 144 g/mol. The molecule has 0 amide bonds. The Balaban J connectivity index is 2.28. The molecule has 0 aromatic carbocycles. The molecular formula is C7H16N2O. The molecule has 0 bridgehead atoms. The Hall–Kier alpha value is -0.120. The summed E-state index contributed by atoms with van der Waals surface area (Å²) in [5.41, 5.74) is 3.16. The molecule has 0 aliphatic carbocycles. The van der Waals surface area contributed by atoms with E-state index in [-0.39, 0.29) is 6.23 Å². The number of hydrazine groups is 1. The van der Waals surface area contributed by atoms with Crippen molar-refractivity contribution in [1.82, 2.24) is 10.4 Å². The van der Waals surface area contributed by atoms with Crippen molar-refractivity contribution < 1.29 is 5.11 Å². The zero-order valence-electron chi connectivity index (χ0n) is 6.51. The van der Waals surface area contributed by atoms with Crippen LogP contribution in [0.25, 0.3) is 0 Å². The second-order valence-electron chi connectivity index (χ2n) is 2.79. The predicted molar refractivity (Wildman–Crippen MR) is 40.2 cm³/mol. The van der Waals surface area contributed by atoms with E-state index in [2.05, 4.69) is 5.43 Å². The Morgan fingerprint density at radius 1 is 1.40 bits per heavy atom. The normalized spacial score (nSPS) is 25.8. The molecule has 0 spiro atoms. The minimum atomic E-state index is -0.349. The van der Waals surface area contributed by atoms with Gasteiger partial charge in [0.2, 0.25) is 0 Å². The first-order valence-corrected chi connectivity index (χ1v) is 3.99. The molecule has 1 aliphatic rings. The summed E-state index contributed by atoms with van der Waals surface area (Å²) < 4.78 is 0. The molecular weight excluding hydrogens is 128 g/mol. The Bertz CT molecular complexity index is 87.6. The average molecular weight is 144 g/mol. The third kappa shape index (κ3) is 2.25. The Labute approximate surface area is 62.0 Å². The lowest BCUT2D eigenvalue weighted by Gasteiger charge is -2.23. The van der Waals surface area contributed by atoms with Crippen LogP contribution in [0.15, 0.2) is 0 Å². The number of nitrogens with one attached hydrogen (secondary N) is 1. The molecule has 3 heteroatoms. The number of nitrogens with zero attached hydrogens (tertiary/aromatic N) is 1. The average Bonchev–Trinajstić information content (AvgIpc) is 2.12. The van der Waals surface area contributed by atoms with E-state index in [0.29, 0.717) is 0 Å². The molecule has 0 radical (unpaired) electrons. The Morgan fingerprint density at radius 2 is 2.20 bits per heavy atom. The van der Waals surface area contributed by atoms with Gasteiger partial charge in [-0.1, -0.05) is 6.42 Å². The highest BCUT2D eigenvalue weighted by Crippen LogP contribution is 2.03. The smallest absolute Gasteiger partial charge is 0.117 e. The van der Waals surface area contributed by atoms with E-state index in [1.807, 2.05) is 5.01 Å². The maximum atomic E-state index is 9.17. The minimum Gasteiger partial charge on any atom is -0.377 e. The third-order valence-electron chi connectivity index (χ3n) is 1.84. The van der Waals surface area contributed by atoms with Crippen LogP contribution in [0.2, 0.25) is 0 Å². The summed E-state index contributed by atoms with van der Waals surface area (Å²) in [6.07, 6.45) is 3.34. The van der Waals surface area contributed by atoms with Crippen LogP contribution in [0, 0.1) is 0 Å². The van der Waals surface area contributed by atoms with E-state index < -0.39 is 0 Å². The molecule has 1 fully saturated rings. The molecule has 0 saturated carbocycles. The molecule has 10 heavy (non-hydrogen) atoms. The maximum Gasteiger partial charge on any atom is 0.117 e. The second-order valence-corrected chi connectivity index (χ2v) is 2.79. The van der Waals surface area contributed by atoms with Crippen molar-refractivity contribution in [3.8, 4) is 0 Å². The van der Waals surface area contributed by atoms with Gasteiger partial charge >= 0.3 is 0 Å². The zero-order valence-corrected chi connectivity index (χ0v) is 6.51. The highest BCUT2D eigenvalue weighted by molar-refractivity contribution is 4.58. The second kappa shape index (κ2) is 3.91. The summed E-state index contributed by atoms with van der Waals surface area (Å²) in [5, 5.41) is 11.1. The van der Waals surface area contributed by atoms with Crippen LogP contribution in [0.5, 0.6) is 0 Å². The summed E-state index contributed by atoms with van der Waals surface area (Å²) in [4.78, 5) is 0. The molecule has 1 rings (SSSR count). The summed E-state index contributed by atoms with van der Waals surface area (Å²) in [6.45, 7) is 3.76. The minimum absolute atomic E-state index is 0.349. The molecule has 0 aromatic rings. The highest BCUT2D eigenvalue weighted by atomic mass is 16.3. The first-order valence-electron chi connectivity index (χ1n) is 3.99. The molecule has 1 saturated heterocycles. The van der Waals surface area contributed by atoms with Crippen molar-refractivity contribution in [2.75, 3.05) is 13.1 Å². The Kier molecular flexibility index (Phi) is 3.12. The highest BCUT2D eigenvalue weighted by Gasteiger charge is 2.11. The molecule has 2 N–H and O–H groups in total. The Morgan fingerprint density at radius 3 is 2.90 bits per heavy atom. The van der Waals surface area contributed by atoms with Crippen molar-refractivity contribution in [1.29, 1.82) is 0 Å². The van der Waals surface area contributed by atoms with Crippen LogP contribution in [-0.2, 0) is 0 Å². The predicted octanol–water partition coefficient (Wildman–Crippen LogP) is 0.315. The fourth-order valence-corrected chi connectivity index (χ4v) is 1.20. The largest absolute Gasteiger partial charge is 0.377 e. The van der Waals surface area contributed by atoms with Gasteiger partial charge in [0.1, 0.15) is 6.23 Å². The van der Waals surface area contributed by atoms with Crippen LogP contribution in [-0.4, -0.2) is 29.4 Å². The lowest BCUT2D eigenvalue weighted by Crippen LogP contribution is -2.43. The van der Waals surface area contributed by atoms with Gasteiger partial charge in [-0.25, -0.2) is 5.01 Å². The van der Waals surface area contributed by atoms with Crippen LogP contribution in [0.4, 0.5) is 0 Å². The number of hydrogen-bond acceptors (Lipinski definition) is 3. The number of aliphatic hydroxyl groups excluding tert-OH is 1. The fraction of sp³-hybridized carbons (Fsp3) is 1.00. The maximum absolute atomic E-state index is 9.17. The number of hydrogen-bond donors (Lipinski definition) is 2. The zero-order chi connectivity index (χ0) is 7.40. The molecule has 3 nitrogen and oxygen atoms in total. The number of aliphatic hydroxyl groups is 1. The molecule has 1 heterocycles. The molecule has 60 valence electrons. The van der Waals surface area contributed by atoms with Gasteiger partial charge in [-0.15, -0.1) is 0 Å². The summed E-state index contributed by atoms with van der Waals surface area (Å²) in [7, 11) is 0. The molecule has 1 atom stereocenters. The lowest BCUT2D eigenvalue weighted by molar-refractivity contribution is -0.0145. The van der Waals surface area contributed by atoms with Crippen LogP contribution < -0.4 is 5.43 Å². The van der Waals surface area contributed by atoms with E-state index in [1.165, 1.54) is 19.3 Å². The van der Waals surface area contributed by atoms with Crippen molar-refractivity contribution in [2.45, 2.75) is 32.4 Å².